The van der Waals surface area contributed by atoms with E-state index in [4.69, 9.17) is 4.98 Å². The maximum atomic E-state index is 12.3. The summed E-state index contributed by atoms with van der Waals surface area (Å²) in [4.78, 5) is 17.0. The summed E-state index contributed by atoms with van der Waals surface area (Å²) in [5.41, 5.74) is 7.04. The van der Waals surface area contributed by atoms with Crippen LogP contribution in [0.25, 0.3) is 11.3 Å². The summed E-state index contributed by atoms with van der Waals surface area (Å²) >= 11 is 0. The van der Waals surface area contributed by atoms with Crippen LogP contribution >= 0.6 is 12.4 Å². The summed E-state index contributed by atoms with van der Waals surface area (Å²) in [7, 11) is 0. The molecule has 0 saturated heterocycles. The SMILES string of the molecule is Cc1ccccc1CNc1cc(-n2ccccc2=O)cn2c(C)c(C)nc12.Cl. The van der Waals surface area contributed by atoms with Crippen molar-refractivity contribution in [2.24, 2.45) is 0 Å². The van der Waals surface area contributed by atoms with Crippen LogP contribution in [0.3, 0.4) is 0 Å². The molecule has 28 heavy (non-hydrogen) atoms. The number of aromatic nitrogens is 3. The Morgan fingerprint density at radius 2 is 1.79 bits per heavy atom. The number of hydrogen-bond acceptors (Lipinski definition) is 3. The van der Waals surface area contributed by atoms with Crippen LogP contribution in [0.1, 0.15) is 22.5 Å². The van der Waals surface area contributed by atoms with Gasteiger partial charge in [-0.05, 0) is 44.0 Å². The summed E-state index contributed by atoms with van der Waals surface area (Å²) in [6.45, 7) is 6.84. The van der Waals surface area contributed by atoms with E-state index in [2.05, 4.69) is 24.4 Å². The van der Waals surface area contributed by atoms with Crippen molar-refractivity contribution >= 4 is 23.7 Å². The van der Waals surface area contributed by atoms with E-state index in [0.717, 1.165) is 28.4 Å². The first kappa shape index (κ1) is 19.7. The molecule has 1 aromatic carbocycles. The van der Waals surface area contributed by atoms with Crippen LogP contribution in [0.5, 0.6) is 0 Å². The molecular formula is C22H23ClN4O. The molecule has 0 aliphatic heterocycles. The molecule has 0 aliphatic rings. The summed E-state index contributed by atoms with van der Waals surface area (Å²) in [6.07, 6.45) is 3.75. The van der Waals surface area contributed by atoms with Crippen LogP contribution in [0.4, 0.5) is 5.69 Å². The van der Waals surface area contributed by atoms with Crippen LogP contribution in [0.2, 0.25) is 0 Å². The molecule has 0 aliphatic carbocycles. The van der Waals surface area contributed by atoms with E-state index in [9.17, 15) is 4.79 Å². The van der Waals surface area contributed by atoms with Crippen LogP contribution in [-0.4, -0.2) is 14.0 Å². The van der Waals surface area contributed by atoms with E-state index < -0.39 is 0 Å². The lowest BCUT2D eigenvalue weighted by Crippen LogP contribution is -2.16. The van der Waals surface area contributed by atoms with Crippen molar-refractivity contribution in [3.05, 3.63) is 93.8 Å². The van der Waals surface area contributed by atoms with Gasteiger partial charge in [0.2, 0.25) is 0 Å². The number of anilines is 1. The molecule has 0 radical (unpaired) electrons. The second kappa shape index (κ2) is 7.90. The first-order chi connectivity index (χ1) is 13.0. The quantitative estimate of drug-likeness (QED) is 0.556. The molecular weight excluding hydrogens is 372 g/mol. The smallest absolute Gasteiger partial charge is 0.255 e. The highest BCUT2D eigenvalue weighted by molar-refractivity contribution is 5.85. The maximum absolute atomic E-state index is 12.3. The van der Waals surface area contributed by atoms with Gasteiger partial charge in [0.1, 0.15) is 0 Å². The fourth-order valence-electron chi connectivity index (χ4n) is 3.26. The molecule has 0 saturated carbocycles. The third kappa shape index (κ3) is 3.53. The normalized spacial score (nSPS) is 10.7. The predicted octanol–water partition coefficient (Wildman–Crippen LogP) is 4.44. The van der Waals surface area contributed by atoms with E-state index in [1.165, 1.54) is 11.1 Å². The highest BCUT2D eigenvalue weighted by Crippen LogP contribution is 2.24. The number of rotatable bonds is 4. The van der Waals surface area contributed by atoms with E-state index in [-0.39, 0.29) is 18.0 Å². The minimum Gasteiger partial charge on any atom is -0.378 e. The van der Waals surface area contributed by atoms with E-state index in [1.54, 1.807) is 22.9 Å². The molecule has 5 nitrogen and oxygen atoms in total. The van der Waals surface area contributed by atoms with Crippen molar-refractivity contribution in [3.63, 3.8) is 0 Å². The molecule has 1 N–H and O–H groups in total. The van der Waals surface area contributed by atoms with E-state index >= 15 is 0 Å². The molecule has 3 aromatic heterocycles. The lowest BCUT2D eigenvalue weighted by Gasteiger charge is -2.13. The Morgan fingerprint density at radius 3 is 2.54 bits per heavy atom. The average Bonchev–Trinajstić information content (AvgIpc) is 2.96. The highest BCUT2D eigenvalue weighted by atomic mass is 35.5. The maximum Gasteiger partial charge on any atom is 0.255 e. The van der Waals surface area contributed by atoms with Crippen LogP contribution in [0, 0.1) is 20.8 Å². The zero-order valence-corrected chi connectivity index (χ0v) is 17.0. The zero-order chi connectivity index (χ0) is 19.0. The Kier molecular flexibility index (Phi) is 5.56. The summed E-state index contributed by atoms with van der Waals surface area (Å²) in [6, 6.07) is 15.5. The van der Waals surface area contributed by atoms with Gasteiger partial charge in [-0.15, -0.1) is 12.4 Å². The Bertz CT molecular complexity index is 1190. The van der Waals surface area contributed by atoms with Gasteiger partial charge in [0.25, 0.3) is 5.56 Å². The van der Waals surface area contributed by atoms with Gasteiger partial charge < -0.3 is 9.72 Å². The van der Waals surface area contributed by atoms with Crippen molar-refractivity contribution in [2.45, 2.75) is 27.3 Å². The van der Waals surface area contributed by atoms with Gasteiger partial charge in [0.05, 0.1) is 17.1 Å². The molecule has 3 heterocycles. The molecule has 0 amide bonds. The zero-order valence-electron chi connectivity index (χ0n) is 16.1. The minimum absolute atomic E-state index is 0. The molecule has 4 rings (SSSR count). The molecule has 0 unspecified atom stereocenters. The third-order valence-electron chi connectivity index (χ3n) is 5.01. The van der Waals surface area contributed by atoms with Gasteiger partial charge in [-0.3, -0.25) is 9.36 Å². The Labute approximate surface area is 170 Å². The molecule has 0 bridgehead atoms. The number of hydrogen-bond donors (Lipinski definition) is 1. The second-order valence-electron chi connectivity index (χ2n) is 6.78. The molecule has 0 atom stereocenters. The Hall–Kier alpha value is -3.05. The van der Waals surface area contributed by atoms with E-state index in [0.29, 0.717) is 6.54 Å². The Morgan fingerprint density at radius 1 is 1.04 bits per heavy atom. The third-order valence-corrected chi connectivity index (χ3v) is 5.01. The molecule has 0 fully saturated rings. The topological polar surface area (TPSA) is 51.3 Å². The number of benzene rings is 1. The molecule has 144 valence electrons. The van der Waals surface area contributed by atoms with Crippen molar-refractivity contribution in [3.8, 4) is 5.69 Å². The average molecular weight is 395 g/mol. The number of fused-ring (bicyclic) bond motifs is 1. The van der Waals surface area contributed by atoms with Gasteiger partial charge in [-0.1, -0.05) is 30.3 Å². The highest BCUT2D eigenvalue weighted by Gasteiger charge is 2.12. The van der Waals surface area contributed by atoms with Gasteiger partial charge >= 0.3 is 0 Å². The number of aryl methyl sites for hydroxylation is 3. The van der Waals surface area contributed by atoms with Crippen LogP contribution in [-0.2, 0) is 6.54 Å². The van der Waals surface area contributed by atoms with Crippen molar-refractivity contribution in [2.75, 3.05) is 5.32 Å². The number of nitrogens with one attached hydrogen (secondary N) is 1. The van der Waals surface area contributed by atoms with Crippen molar-refractivity contribution < 1.29 is 0 Å². The first-order valence-corrected chi connectivity index (χ1v) is 9.00. The lowest BCUT2D eigenvalue weighted by atomic mass is 10.1. The van der Waals surface area contributed by atoms with E-state index in [1.807, 2.05) is 48.7 Å². The van der Waals surface area contributed by atoms with Gasteiger partial charge in [-0.2, -0.15) is 0 Å². The first-order valence-electron chi connectivity index (χ1n) is 9.00. The summed E-state index contributed by atoms with van der Waals surface area (Å²) < 4.78 is 3.69. The number of halogens is 1. The van der Waals surface area contributed by atoms with Gasteiger partial charge in [0, 0.05) is 30.7 Å². The monoisotopic (exact) mass is 394 g/mol. The number of nitrogens with zero attached hydrogens (tertiary/aromatic N) is 3. The summed E-state index contributed by atoms with van der Waals surface area (Å²) in [5, 5.41) is 3.52. The standard InChI is InChI=1S/C22H22N4O.ClH/c1-15-8-4-5-9-18(15)13-23-20-12-19(25-11-7-6-10-21(25)27)14-26-17(3)16(2)24-22(20)26;/h4-12,14,23H,13H2,1-3H3;1H. The molecule has 4 aromatic rings. The van der Waals surface area contributed by atoms with Crippen LogP contribution < -0.4 is 10.9 Å². The van der Waals surface area contributed by atoms with Crippen molar-refractivity contribution in [1.82, 2.24) is 14.0 Å². The minimum atomic E-state index is -0.0591. The number of imidazole rings is 1. The number of pyridine rings is 2. The van der Waals surface area contributed by atoms with Gasteiger partial charge in [-0.25, -0.2) is 4.98 Å². The second-order valence-corrected chi connectivity index (χ2v) is 6.78. The largest absolute Gasteiger partial charge is 0.378 e. The lowest BCUT2D eigenvalue weighted by molar-refractivity contribution is 0.959. The molecule has 6 heteroatoms. The van der Waals surface area contributed by atoms with Gasteiger partial charge in [0.15, 0.2) is 5.65 Å². The molecule has 0 spiro atoms. The summed E-state index contributed by atoms with van der Waals surface area (Å²) in [5.74, 6) is 0. The predicted molar refractivity (Wildman–Crippen MR) is 116 cm³/mol. The fourth-order valence-corrected chi connectivity index (χ4v) is 3.26. The van der Waals surface area contributed by atoms with Crippen molar-refractivity contribution in [1.29, 1.82) is 0 Å². The Balaban J connectivity index is 0.00000225. The van der Waals surface area contributed by atoms with Crippen LogP contribution in [0.15, 0.2) is 65.7 Å². The fraction of sp³-hybridized carbons (Fsp3) is 0.182.